The number of rotatable bonds is 1. The maximum Gasteiger partial charge on any atom is 0.145 e. The number of carbonyl (C=O) groups is 1. The summed E-state index contributed by atoms with van der Waals surface area (Å²) in [7, 11) is 1.69. The molecule has 0 aromatic rings. The van der Waals surface area contributed by atoms with Crippen molar-refractivity contribution in [2.24, 2.45) is 11.8 Å². The molecule has 1 fully saturated rings. The van der Waals surface area contributed by atoms with Gasteiger partial charge in [0.1, 0.15) is 5.78 Å². The van der Waals surface area contributed by atoms with Crippen molar-refractivity contribution in [1.82, 2.24) is 0 Å². The molecule has 3 rings (SSSR count). The Bertz CT molecular complexity index is 244. The molecule has 0 heterocycles. The van der Waals surface area contributed by atoms with Gasteiger partial charge in [0.2, 0.25) is 0 Å². The van der Waals surface area contributed by atoms with Crippen LogP contribution < -0.4 is 0 Å². The van der Waals surface area contributed by atoms with Crippen LogP contribution in [0.25, 0.3) is 0 Å². The number of ketones is 1. The minimum Gasteiger partial charge on any atom is -0.373 e. The third kappa shape index (κ3) is 0.816. The second-order valence-corrected chi connectivity index (χ2v) is 3.79. The van der Waals surface area contributed by atoms with E-state index in [1.165, 1.54) is 0 Å². The predicted octanol–water partition coefficient (Wildman–Crippen LogP) is 1.56. The van der Waals surface area contributed by atoms with Crippen LogP contribution in [0.5, 0.6) is 0 Å². The Hall–Kier alpha value is -0.630. The van der Waals surface area contributed by atoms with Crippen LogP contribution in [0, 0.1) is 11.8 Å². The van der Waals surface area contributed by atoms with Gasteiger partial charge in [-0.2, -0.15) is 0 Å². The molecule has 2 bridgehead atoms. The number of hydrogen-bond acceptors (Lipinski definition) is 2. The Kier molecular flexibility index (Phi) is 1.62. The van der Waals surface area contributed by atoms with E-state index in [0.29, 0.717) is 5.78 Å². The number of fused-ring (bicyclic) bond motifs is 2. The molecule has 0 radical (unpaired) electrons. The van der Waals surface area contributed by atoms with E-state index in [-0.39, 0.29) is 17.4 Å². The summed E-state index contributed by atoms with van der Waals surface area (Å²) in [5.74, 6) is 0.578. The first-order valence-corrected chi connectivity index (χ1v) is 4.48. The summed E-state index contributed by atoms with van der Waals surface area (Å²) in [6.07, 6.45) is 6.05. The normalized spacial score (nSPS) is 45.3. The fourth-order valence-corrected chi connectivity index (χ4v) is 2.35. The SMILES string of the molecule is CO[C@@]12C=C[C@@H](CC1)C(=O)[C@H]2C. The van der Waals surface area contributed by atoms with Gasteiger partial charge < -0.3 is 4.74 Å². The number of hydrogen-bond donors (Lipinski definition) is 0. The Morgan fingerprint density at radius 1 is 1.67 bits per heavy atom. The van der Waals surface area contributed by atoms with Crippen LogP contribution >= 0.6 is 0 Å². The van der Waals surface area contributed by atoms with Gasteiger partial charge in [0.05, 0.1) is 5.60 Å². The maximum atomic E-state index is 11.6. The van der Waals surface area contributed by atoms with Crippen LogP contribution in [0.3, 0.4) is 0 Å². The molecule has 3 atom stereocenters. The molecular weight excluding hydrogens is 152 g/mol. The summed E-state index contributed by atoms with van der Waals surface area (Å²) in [6.45, 7) is 1.97. The molecule has 0 aliphatic heterocycles. The van der Waals surface area contributed by atoms with E-state index in [1.807, 2.05) is 13.0 Å². The summed E-state index contributed by atoms with van der Waals surface area (Å²) in [6, 6.07) is 0. The van der Waals surface area contributed by atoms with Crippen molar-refractivity contribution in [1.29, 1.82) is 0 Å². The van der Waals surface area contributed by atoms with E-state index in [1.54, 1.807) is 7.11 Å². The van der Waals surface area contributed by atoms with E-state index in [4.69, 9.17) is 4.74 Å². The van der Waals surface area contributed by atoms with Gasteiger partial charge in [-0.15, -0.1) is 0 Å². The number of ether oxygens (including phenoxy) is 1. The van der Waals surface area contributed by atoms with E-state index in [2.05, 4.69) is 6.08 Å². The molecule has 2 nitrogen and oxygen atoms in total. The van der Waals surface area contributed by atoms with Crippen LogP contribution in [0.4, 0.5) is 0 Å². The molecule has 12 heavy (non-hydrogen) atoms. The zero-order chi connectivity index (χ0) is 8.77. The summed E-state index contributed by atoms with van der Waals surface area (Å²) >= 11 is 0. The van der Waals surface area contributed by atoms with Crippen molar-refractivity contribution >= 4 is 5.78 Å². The van der Waals surface area contributed by atoms with Gasteiger partial charge in [-0.25, -0.2) is 0 Å². The Labute approximate surface area is 72.6 Å². The van der Waals surface area contributed by atoms with Crippen molar-refractivity contribution in [3.05, 3.63) is 12.2 Å². The van der Waals surface area contributed by atoms with E-state index >= 15 is 0 Å². The third-order valence-electron chi connectivity index (χ3n) is 3.36. The van der Waals surface area contributed by atoms with Crippen molar-refractivity contribution in [2.45, 2.75) is 25.4 Å². The fourth-order valence-electron chi connectivity index (χ4n) is 2.35. The molecule has 0 spiro atoms. The Balaban J connectivity index is 2.40. The largest absolute Gasteiger partial charge is 0.373 e. The number of allylic oxidation sites excluding steroid dienone is 1. The molecule has 3 aliphatic carbocycles. The van der Waals surface area contributed by atoms with Crippen LogP contribution in [0.2, 0.25) is 0 Å². The molecular formula is C10H14O2. The number of carbonyl (C=O) groups excluding carboxylic acids is 1. The fraction of sp³-hybridized carbons (Fsp3) is 0.700. The second kappa shape index (κ2) is 2.43. The highest BCUT2D eigenvalue weighted by Gasteiger charge is 2.47. The van der Waals surface area contributed by atoms with E-state index in [0.717, 1.165) is 12.8 Å². The van der Waals surface area contributed by atoms with Crippen molar-refractivity contribution < 1.29 is 9.53 Å². The first-order valence-electron chi connectivity index (χ1n) is 4.48. The molecule has 1 saturated carbocycles. The zero-order valence-corrected chi connectivity index (χ0v) is 7.54. The third-order valence-corrected chi connectivity index (χ3v) is 3.36. The quantitative estimate of drug-likeness (QED) is 0.552. The standard InChI is InChI=1S/C10H14O2/c1-7-9(11)8-3-5-10(7,12-2)6-4-8/h3,5,7-8H,4,6H2,1-2H3/t7-,8+,10+/m1/s1. The van der Waals surface area contributed by atoms with Gasteiger partial charge >= 0.3 is 0 Å². The van der Waals surface area contributed by atoms with Gasteiger partial charge in [-0.3, -0.25) is 4.79 Å². The molecule has 0 unspecified atom stereocenters. The number of methoxy groups -OCH3 is 1. The van der Waals surface area contributed by atoms with Crippen molar-refractivity contribution in [3.8, 4) is 0 Å². The van der Waals surface area contributed by atoms with Gasteiger partial charge in [0.25, 0.3) is 0 Å². The lowest BCUT2D eigenvalue weighted by atomic mass is 9.66. The van der Waals surface area contributed by atoms with E-state index in [9.17, 15) is 4.79 Å². The zero-order valence-electron chi connectivity index (χ0n) is 7.54. The minimum atomic E-state index is -0.272. The smallest absolute Gasteiger partial charge is 0.145 e. The number of Topliss-reactive ketones (excluding diaryl/α,β-unsaturated/α-hetero) is 1. The molecule has 2 heteroatoms. The van der Waals surface area contributed by atoms with Crippen LogP contribution in [-0.2, 0) is 9.53 Å². The van der Waals surface area contributed by atoms with Gasteiger partial charge in [0, 0.05) is 18.9 Å². The molecule has 0 aromatic heterocycles. The lowest BCUT2D eigenvalue weighted by Crippen LogP contribution is -2.50. The van der Waals surface area contributed by atoms with Crippen LogP contribution in [-0.4, -0.2) is 18.5 Å². The summed E-state index contributed by atoms with van der Waals surface area (Å²) in [5, 5.41) is 0. The lowest BCUT2D eigenvalue weighted by Gasteiger charge is -2.44. The monoisotopic (exact) mass is 166 g/mol. The van der Waals surface area contributed by atoms with E-state index < -0.39 is 0 Å². The van der Waals surface area contributed by atoms with Gasteiger partial charge in [-0.05, 0) is 12.8 Å². The summed E-state index contributed by atoms with van der Waals surface area (Å²) < 4.78 is 5.44. The van der Waals surface area contributed by atoms with Crippen molar-refractivity contribution in [2.75, 3.05) is 7.11 Å². The lowest BCUT2D eigenvalue weighted by molar-refractivity contribution is -0.141. The summed E-state index contributed by atoms with van der Waals surface area (Å²) in [5.41, 5.74) is -0.272. The first-order chi connectivity index (χ1) is 5.69. The molecule has 66 valence electrons. The van der Waals surface area contributed by atoms with Crippen LogP contribution in [0.15, 0.2) is 12.2 Å². The first kappa shape index (κ1) is 7.99. The highest BCUT2D eigenvalue weighted by atomic mass is 16.5. The predicted molar refractivity (Wildman–Crippen MR) is 45.8 cm³/mol. The molecule has 0 N–H and O–H groups in total. The minimum absolute atomic E-state index is 0.0475. The topological polar surface area (TPSA) is 26.3 Å². The average molecular weight is 166 g/mol. The molecule has 0 saturated heterocycles. The van der Waals surface area contributed by atoms with Crippen molar-refractivity contribution in [3.63, 3.8) is 0 Å². The highest BCUT2D eigenvalue weighted by Crippen LogP contribution is 2.42. The van der Waals surface area contributed by atoms with Crippen LogP contribution in [0.1, 0.15) is 19.8 Å². The van der Waals surface area contributed by atoms with Gasteiger partial charge in [0.15, 0.2) is 0 Å². The Morgan fingerprint density at radius 2 is 2.42 bits per heavy atom. The highest BCUT2D eigenvalue weighted by molar-refractivity contribution is 5.88. The average Bonchev–Trinajstić information content (AvgIpc) is 2.14. The summed E-state index contributed by atoms with van der Waals surface area (Å²) in [4.78, 5) is 11.6. The maximum absolute atomic E-state index is 11.6. The molecule has 3 aliphatic rings. The van der Waals surface area contributed by atoms with Gasteiger partial charge in [-0.1, -0.05) is 19.1 Å². The molecule has 0 aromatic carbocycles. The molecule has 0 amide bonds. The second-order valence-electron chi connectivity index (χ2n) is 3.79. The Morgan fingerprint density at radius 3 is 2.83 bits per heavy atom.